The molecule has 0 aliphatic heterocycles. The lowest BCUT2D eigenvalue weighted by Crippen LogP contribution is -2.26. The van der Waals surface area contributed by atoms with Crippen molar-refractivity contribution in [3.63, 3.8) is 0 Å². The molecule has 0 saturated heterocycles. The van der Waals surface area contributed by atoms with E-state index in [0.717, 1.165) is 0 Å². The van der Waals surface area contributed by atoms with E-state index in [4.69, 9.17) is 23.1 Å². The minimum atomic E-state index is -0.348. The third-order valence-electron chi connectivity index (χ3n) is 4.53. The summed E-state index contributed by atoms with van der Waals surface area (Å²) in [6.45, 7) is 0.325. The van der Waals surface area contributed by atoms with Crippen molar-refractivity contribution in [2.24, 2.45) is 0 Å². The van der Waals surface area contributed by atoms with Crippen LogP contribution in [0.15, 0.2) is 47.5 Å². The number of fused-ring (bicyclic) bond motifs is 1. The molecule has 10 nitrogen and oxygen atoms in total. The van der Waals surface area contributed by atoms with Gasteiger partial charge in [0.05, 0.1) is 28.4 Å². The van der Waals surface area contributed by atoms with Gasteiger partial charge in [-0.2, -0.15) is 15.2 Å². The number of hydrogen-bond acceptors (Lipinski definition) is 9. The van der Waals surface area contributed by atoms with Crippen LogP contribution >= 0.6 is 11.6 Å². The third-order valence-corrected chi connectivity index (χ3v) is 4.90. The van der Waals surface area contributed by atoms with Gasteiger partial charge in [-0.3, -0.25) is 14.3 Å². The zero-order valence-electron chi connectivity index (χ0n) is 16.1. The molecule has 0 aliphatic carbocycles. The van der Waals surface area contributed by atoms with Crippen molar-refractivity contribution >= 4 is 40.1 Å². The van der Waals surface area contributed by atoms with Gasteiger partial charge in [-0.1, -0.05) is 17.7 Å². The Morgan fingerprint density at radius 3 is 2.74 bits per heavy atom. The second kappa shape index (κ2) is 8.25. The molecule has 154 valence electrons. The van der Waals surface area contributed by atoms with Crippen molar-refractivity contribution in [2.45, 2.75) is 6.42 Å². The number of anilines is 3. The van der Waals surface area contributed by atoms with Crippen molar-refractivity contribution in [1.82, 2.24) is 24.5 Å². The molecule has 0 aliphatic rings. The fourth-order valence-electron chi connectivity index (χ4n) is 3.18. The number of aromatic nitrogens is 5. The minimum absolute atomic E-state index is 0.00969. The summed E-state index contributed by atoms with van der Waals surface area (Å²) >= 11 is 6.13. The number of nitrogen functional groups attached to an aromatic ring is 2. The van der Waals surface area contributed by atoms with Crippen molar-refractivity contribution in [3.05, 3.63) is 69.5 Å². The number of nitrogens with zero attached hydrogens (tertiary/aromatic N) is 6. The average molecular weight is 434 g/mol. The molecular formula is C20H16ClN9O. The van der Waals surface area contributed by atoms with Crippen molar-refractivity contribution in [1.29, 1.82) is 5.26 Å². The number of nitriles is 1. The Morgan fingerprint density at radius 2 is 2.00 bits per heavy atom. The van der Waals surface area contributed by atoms with E-state index in [2.05, 4.69) is 31.3 Å². The lowest BCUT2D eigenvalue weighted by Gasteiger charge is -2.15. The Labute approximate surface area is 181 Å². The molecule has 4 aromatic rings. The zero-order chi connectivity index (χ0) is 22.0. The van der Waals surface area contributed by atoms with E-state index < -0.39 is 0 Å². The number of nitrogens with two attached hydrogens (primary N) is 2. The first-order chi connectivity index (χ1) is 15.0. The van der Waals surface area contributed by atoms with Crippen LogP contribution in [0.4, 0.5) is 17.6 Å². The maximum Gasteiger partial charge on any atom is 0.267 e. The van der Waals surface area contributed by atoms with E-state index >= 15 is 0 Å². The number of rotatable bonds is 5. The topological polar surface area (TPSA) is 161 Å². The first-order valence-corrected chi connectivity index (χ1v) is 9.55. The van der Waals surface area contributed by atoms with Crippen molar-refractivity contribution in [3.8, 4) is 11.8 Å². The number of pyridine rings is 1. The van der Waals surface area contributed by atoms with Gasteiger partial charge in [-0.05, 0) is 24.3 Å². The van der Waals surface area contributed by atoms with Crippen molar-refractivity contribution in [2.75, 3.05) is 23.3 Å². The highest BCUT2D eigenvalue weighted by Gasteiger charge is 2.16. The molecule has 0 unspecified atom stereocenters. The van der Waals surface area contributed by atoms with Gasteiger partial charge in [0.15, 0.2) is 5.82 Å². The summed E-state index contributed by atoms with van der Waals surface area (Å²) in [4.78, 5) is 29.9. The van der Waals surface area contributed by atoms with Crippen LogP contribution in [0.1, 0.15) is 11.4 Å². The summed E-state index contributed by atoms with van der Waals surface area (Å²) in [5.41, 5.74) is 12.2. The Morgan fingerprint density at radius 1 is 1.16 bits per heavy atom. The molecule has 0 radical (unpaired) electrons. The molecule has 3 heterocycles. The molecule has 0 atom stereocenters. The van der Waals surface area contributed by atoms with Crippen LogP contribution in [-0.2, 0) is 6.42 Å². The third kappa shape index (κ3) is 3.82. The van der Waals surface area contributed by atoms with Gasteiger partial charge < -0.3 is 16.8 Å². The summed E-state index contributed by atoms with van der Waals surface area (Å²) in [6.07, 6.45) is 3.50. The van der Waals surface area contributed by atoms with E-state index in [9.17, 15) is 10.1 Å². The standard InChI is InChI=1S/C20H16ClN9O/c21-16-17(23)28-20(24)29-18(16)26-8-6-14-27-13-5-1-3-11(9-22)15(13)19(31)30(14)12-4-2-7-25-10-12/h1-5,7,10H,6,8H2,(H5,23,24,26,28,29). The van der Waals surface area contributed by atoms with Crippen LogP contribution in [0.3, 0.4) is 0 Å². The van der Waals surface area contributed by atoms with Gasteiger partial charge in [0, 0.05) is 19.2 Å². The van der Waals surface area contributed by atoms with Crippen LogP contribution in [0.25, 0.3) is 16.6 Å². The first kappa shape index (κ1) is 20.1. The monoisotopic (exact) mass is 433 g/mol. The molecule has 5 N–H and O–H groups in total. The van der Waals surface area contributed by atoms with Crippen LogP contribution < -0.4 is 22.3 Å². The summed E-state index contributed by atoms with van der Waals surface area (Å²) in [7, 11) is 0. The molecule has 0 saturated carbocycles. The Kier molecular flexibility index (Phi) is 5.34. The Balaban J connectivity index is 1.77. The van der Waals surface area contributed by atoms with Gasteiger partial charge >= 0.3 is 0 Å². The van der Waals surface area contributed by atoms with Gasteiger partial charge in [-0.25, -0.2) is 4.98 Å². The fourth-order valence-corrected chi connectivity index (χ4v) is 3.33. The summed E-state index contributed by atoms with van der Waals surface area (Å²) < 4.78 is 1.45. The second-order valence-corrected chi connectivity index (χ2v) is 6.88. The largest absolute Gasteiger partial charge is 0.382 e. The second-order valence-electron chi connectivity index (χ2n) is 6.50. The number of nitrogens with one attached hydrogen (secondary N) is 1. The molecule has 0 amide bonds. The SMILES string of the molecule is N#Cc1cccc2nc(CCNc3nc(N)nc(N)c3Cl)n(-c3cccnc3)c(=O)c12. The van der Waals surface area contributed by atoms with Gasteiger partial charge in [0.25, 0.3) is 5.56 Å². The molecule has 0 bridgehead atoms. The molecule has 3 aromatic heterocycles. The van der Waals surface area contributed by atoms with Crippen LogP contribution in [0.2, 0.25) is 5.02 Å². The summed E-state index contributed by atoms with van der Waals surface area (Å²) in [5.74, 6) is 0.815. The van der Waals surface area contributed by atoms with Crippen LogP contribution in [0.5, 0.6) is 0 Å². The highest BCUT2D eigenvalue weighted by molar-refractivity contribution is 6.35. The smallest absolute Gasteiger partial charge is 0.267 e. The van der Waals surface area contributed by atoms with E-state index in [-0.39, 0.29) is 39.1 Å². The predicted molar refractivity (Wildman–Crippen MR) is 118 cm³/mol. The zero-order valence-corrected chi connectivity index (χ0v) is 16.8. The molecule has 0 fully saturated rings. The van der Waals surface area contributed by atoms with Crippen LogP contribution in [-0.4, -0.2) is 31.0 Å². The molecule has 0 spiro atoms. The fraction of sp³-hybridized carbons (Fsp3) is 0.100. The molecule has 1 aromatic carbocycles. The highest BCUT2D eigenvalue weighted by atomic mass is 35.5. The highest BCUT2D eigenvalue weighted by Crippen LogP contribution is 2.25. The Hall–Kier alpha value is -4.23. The van der Waals surface area contributed by atoms with E-state index in [1.807, 2.05) is 0 Å². The van der Waals surface area contributed by atoms with Crippen LogP contribution in [0, 0.1) is 11.3 Å². The number of hydrogen-bond donors (Lipinski definition) is 3. The lowest BCUT2D eigenvalue weighted by molar-refractivity contribution is 0.806. The molecule has 4 rings (SSSR count). The maximum atomic E-state index is 13.4. The maximum absolute atomic E-state index is 13.4. The number of benzene rings is 1. The predicted octanol–water partition coefficient (Wildman–Crippen LogP) is 1.91. The molecule has 31 heavy (non-hydrogen) atoms. The molecular weight excluding hydrogens is 418 g/mol. The lowest BCUT2D eigenvalue weighted by atomic mass is 10.1. The first-order valence-electron chi connectivity index (χ1n) is 9.17. The van der Waals surface area contributed by atoms with Gasteiger partial charge in [-0.15, -0.1) is 0 Å². The molecule has 11 heteroatoms. The Bertz CT molecular complexity index is 1380. The quantitative estimate of drug-likeness (QED) is 0.426. The van der Waals surface area contributed by atoms with E-state index in [1.54, 1.807) is 42.7 Å². The van der Waals surface area contributed by atoms with Gasteiger partial charge in [0.2, 0.25) is 5.95 Å². The minimum Gasteiger partial charge on any atom is -0.382 e. The average Bonchev–Trinajstić information content (AvgIpc) is 2.77. The van der Waals surface area contributed by atoms with E-state index in [1.165, 1.54) is 4.57 Å². The normalized spacial score (nSPS) is 10.7. The summed E-state index contributed by atoms with van der Waals surface area (Å²) in [5, 5.41) is 12.9. The number of halogens is 1. The summed E-state index contributed by atoms with van der Waals surface area (Å²) in [6, 6.07) is 10.5. The van der Waals surface area contributed by atoms with Crippen molar-refractivity contribution < 1.29 is 0 Å². The van der Waals surface area contributed by atoms with E-state index in [0.29, 0.717) is 30.0 Å². The van der Waals surface area contributed by atoms with Gasteiger partial charge in [0.1, 0.15) is 22.7 Å².